The van der Waals surface area contributed by atoms with Crippen molar-refractivity contribution < 1.29 is 14.3 Å². The summed E-state index contributed by atoms with van der Waals surface area (Å²) in [6.45, 7) is 12.4. The number of anilines is 1. The highest BCUT2D eigenvalue weighted by Crippen LogP contribution is 2.39. The molecule has 28 heavy (non-hydrogen) atoms. The molecule has 2 heterocycles. The van der Waals surface area contributed by atoms with Gasteiger partial charge < -0.3 is 19.8 Å². The van der Waals surface area contributed by atoms with Crippen LogP contribution in [0.1, 0.15) is 53.9 Å². The molecular formula is C22H38FN3O2. The SMILES string of the molecule is CC.CC.CCC(O)CN1CN(c2ccc(F)cc2)C2(CCN(C)CC2)C1=O. The Kier molecular flexibility index (Phi) is 9.90. The van der Waals surface area contributed by atoms with Gasteiger partial charge in [0, 0.05) is 25.3 Å². The van der Waals surface area contributed by atoms with Crippen molar-refractivity contribution in [1.82, 2.24) is 9.80 Å². The molecule has 0 saturated carbocycles. The van der Waals surface area contributed by atoms with Crippen LogP contribution in [0.3, 0.4) is 0 Å². The topological polar surface area (TPSA) is 47.0 Å². The van der Waals surface area contributed by atoms with Crippen molar-refractivity contribution >= 4 is 11.6 Å². The molecule has 6 heteroatoms. The Morgan fingerprint density at radius 3 is 2.14 bits per heavy atom. The molecule has 0 bridgehead atoms. The lowest BCUT2D eigenvalue weighted by atomic mass is 9.85. The number of hydrogen-bond donors (Lipinski definition) is 1. The minimum Gasteiger partial charge on any atom is -0.391 e. The number of benzene rings is 1. The monoisotopic (exact) mass is 395 g/mol. The number of aliphatic hydroxyl groups excluding tert-OH is 1. The molecule has 1 aromatic rings. The summed E-state index contributed by atoms with van der Waals surface area (Å²) in [4.78, 5) is 19.3. The molecule has 1 aromatic carbocycles. The summed E-state index contributed by atoms with van der Waals surface area (Å²) in [6.07, 6.45) is 1.61. The third-order valence-corrected chi connectivity index (χ3v) is 5.37. The van der Waals surface area contributed by atoms with Crippen molar-refractivity contribution in [3.05, 3.63) is 30.1 Å². The van der Waals surface area contributed by atoms with Gasteiger partial charge in [-0.2, -0.15) is 0 Å². The van der Waals surface area contributed by atoms with E-state index in [2.05, 4.69) is 16.8 Å². The van der Waals surface area contributed by atoms with Crippen LogP contribution in [0, 0.1) is 5.82 Å². The zero-order chi connectivity index (χ0) is 21.3. The highest BCUT2D eigenvalue weighted by Gasteiger charge is 2.53. The van der Waals surface area contributed by atoms with Crippen LogP contribution in [-0.2, 0) is 4.79 Å². The second-order valence-electron chi connectivity index (χ2n) is 6.97. The van der Waals surface area contributed by atoms with Gasteiger partial charge in [0.05, 0.1) is 12.8 Å². The Balaban J connectivity index is 0.000000921. The van der Waals surface area contributed by atoms with Crippen molar-refractivity contribution in [1.29, 1.82) is 0 Å². The van der Waals surface area contributed by atoms with Gasteiger partial charge in [0.25, 0.3) is 0 Å². The van der Waals surface area contributed by atoms with E-state index >= 15 is 0 Å². The van der Waals surface area contributed by atoms with Crippen LogP contribution < -0.4 is 4.90 Å². The average Bonchev–Trinajstić information content (AvgIpc) is 3.00. The summed E-state index contributed by atoms with van der Waals surface area (Å²) in [7, 11) is 2.06. The first-order chi connectivity index (χ1) is 13.5. The smallest absolute Gasteiger partial charge is 0.250 e. The predicted octanol–water partition coefficient (Wildman–Crippen LogP) is 3.72. The highest BCUT2D eigenvalue weighted by molar-refractivity contribution is 5.93. The Labute approximate surface area is 170 Å². The quantitative estimate of drug-likeness (QED) is 0.844. The number of rotatable bonds is 4. The van der Waals surface area contributed by atoms with E-state index < -0.39 is 11.6 Å². The predicted molar refractivity (Wildman–Crippen MR) is 114 cm³/mol. The van der Waals surface area contributed by atoms with Crippen molar-refractivity contribution in [2.75, 3.05) is 38.3 Å². The van der Waals surface area contributed by atoms with Crippen LogP contribution in [0.4, 0.5) is 10.1 Å². The number of aliphatic hydroxyl groups is 1. The molecule has 1 unspecified atom stereocenters. The molecule has 2 aliphatic heterocycles. The van der Waals surface area contributed by atoms with E-state index in [1.807, 2.05) is 34.6 Å². The van der Waals surface area contributed by atoms with Crippen molar-refractivity contribution in [3.63, 3.8) is 0 Å². The van der Waals surface area contributed by atoms with Crippen LogP contribution >= 0.6 is 0 Å². The van der Waals surface area contributed by atoms with Crippen LogP contribution in [0.2, 0.25) is 0 Å². The van der Waals surface area contributed by atoms with E-state index in [9.17, 15) is 14.3 Å². The van der Waals surface area contributed by atoms with Gasteiger partial charge in [0.2, 0.25) is 5.91 Å². The molecule has 2 aliphatic rings. The molecule has 160 valence electrons. The normalized spacial score (nSPS) is 19.6. The second kappa shape index (κ2) is 11.4. The van der Waals surface area contributed by atoms with Gasteiger partial charge in [-0.05, 0) is 50.6 Å². The summed E-state index contributed by atoms with van der Waals surface area (Å²) in [6, 6.07) is 6.35. The van der Waals surface area contributed by atoms with Crippen molar-refractivity contribution in [2.24, 2.45) is 0 Å². The molecule has 3 rings (SSSR count). The average molecular weight is 396 g/mol. The minimum absolute atomic E-state index is 0.0902. The number of carbonyl (C=O) groups is 1. The number of likely N-dealkylation sites (tertiary alicyclic amines) is 1. The largest absolute Gasteiger partial charge is 0.391 e. The number of carbonyl (C=O) groups excluding carboxylic acids is 1. The highest BCUT2D eigenvalue weighted by atomic mass is 19.1. The van der Waals surface area contributed by atoms with Crippen LogP contribution in [0.25, 0.3) is 0 Å². The van der Waals surface area contributed by atoms with Gasteiger partial charge in [-0.15, -0.1) is 0 Å². The third kappa shape index (κ3) is 5.23. The molecule has 2 saturated heterocycles. The van der Waals surface area contributed by atoms with E-state index in [0.717, 1.165) is 31.6 Å². The molecule has 1 N–H and O–H groups in total. The lowest BCUT2D eigenvalue weighted by molar-refractivity contribution is -0.134. The lowest BCUT2D eigenvalue weighted by Gasteiger charge is -2.42. The van der Waals surface area contributed by atoms with E-state index in [1.54, 1.807) is 17.0 Å². The Morgan fingerprint density at radius 2 is 1.64 bits per heavy atom. The van der Waals surface area contributed by atoms with E-state index in [0.29, 0.717) is 19.6 Å². The molecule has 0 aliphatic carbocycles. The molecule has 2 fully saturated rings. The van der Waals surface area contributed by atoms with Gasteiger partial charge in [-0.3, -0.25) is 4.79 Å². The van der Waals surface area contributed by atoms with Crippen LogP contribution in [-0.4, -0.2) is 65.8 Å². The maximum atomic E-state index is 13.3. The first kappa shape index (κ1) is 24.4. The first-order valence-electron chi connectivity index (χ1n) is 10.7. The lowest BCUT2D eigenvalue weighted by Crippen LogP contribution is -2.56. The molecule has 0 aromatic heterocycles. The number of nitrogens with zero attached hydrogens (tertiary/aromatic N) is 3. The number of halogens is 1. The zero-order valence-corrected chi connectivity index (χ0v) is 18.4. The standard InChI is InChI=1S/C18H26FN3O2.2C2H6/c1-3-16(23)12-21-13-22(15-6-4-14(19)5-7-15)18(17(21)24)8-10-20(2)11-9-18;2*1-2/h4-7,16,23H,3,8-13H2,1-2H3;2*1-2H3. The zero-order valence-electron chi connectivity index (χ0n) is 18.4. The van der Waals surface area contributed by atoms with Gasteiger partial charge in [-0.25, -0.2) is 4.39 Å². The van der Waals surface area contributed by atoms with E-state index in [4.69, 9.17) is 0 Å². The molecule has 1 spiro atoms. The summed E-state index contributed by atoms with van der Waals surface area (Å²) < 4.78 is 13.3. The second-order valence-corrected chi connectivity index (χ2v) is 6.97. The Morgan fingerprint density at radius 1 is 1.11 bits per heavy atom. The third-order valence-electron chi connectivity index (χ3n) is 5.37. The summed E-state index contributed by atoms with van der Waals surface area (Å²) in [5.41, 5.74) is 0.292. The van der Waals surface area contributed by atoms with E-state index in [1.165, 1.54) is 12.1 Å². The Hall–Kier alpha value is -1.66. The van der Waals surface area contributed by atoms with Gasteiger partial charge >= 0.3 is 0 Å². The molecule has 1 amide bonds. The summed E-state index contributed by atoms with van der Waals surface area (Å²) in [5, 5.41) is 9.99. The first-order valence-corrected chi connectivity index (χ1v) is 10.7. The van der Waals surface area contributed by atoms with Crippen molar-refractivity contribution in [2.45, 2.75) is 65.5 Å². The van der Waals surface area contributed by atoms with Gasteiger partial charge in [-0.1, -0.05) is 34.6 Å². The molecule has 0 radical (unpaired) electrons. The number of amides is 1. The molecule has 5 nitrogen and oxygen atoms in total. The Bertz CT molecular complexity index is 586. The van der Waals surface area contributed by atoms with E-state index in [-0.39, 0.29) is 11.7 Å². The van der Waals surface area contributed by atoms with Crippen molar-refractivity contribution in [3.8, 4) is 0 Å². The van der Waals surface area contributed by atoms with Crippen LogP contribution in [0.15, 0.2) is 24.3 Å². The maximum Gasteiger partial charge on any atom is 0.250 e. The summed E-state index contributed by atoms with van der Waals surface area (Å²) >= 11 is 0. The molecule has 1 atom stereocenters. The fourth-order valence-corrected chi connectivity index (χ4v) is 3.73. The number of piperidine rings is 1. The van der Waals surface area contributed by atoms with Gasteiger partial charge in [0.15, 0.2) is 0 Å². The fraction of sp³-hybridized carbons (Fsp3) is 0.682. The molecular weight excluding hydrogens is 357 g/mol. The fourth-order valence-electron chi connectivity index (χ4n) is 3.73. The number of hydrogen-bond acceptors (Lipinski definition) is 4. The maximum absolute atomic E-state index is 13.3. The minimum atomic E-state index is -0.572. The number of β-amino-alcohol motifs (C(OH)–C–C–N with tert-alkyl or cyclic N) is 1. The summed E-state index contributed by atoms with van der Waals surface area (Å²) in [5.74, 6) is -0.188. The van der Waals surface area contributed by atoms with Gasteiger partial charge in [0.1, 0.15) is 11.4 Å². The van der Waals surface area contributed by atoms with Crippen LogP contribution in [0.5, 0.6) is 0 Å².